The normalized spacial score (nSPS) is 11.9. The van der Waals surface area contributed by atoms with Crippen LogP contribution in [0.3, 0.4) is 0 Å². The lowest BCUT2D eigenvalue weighted by atomic mass is 10.0. The minimum atomic E-state index is -3.26. The zero-order valence-electron chi connectivity index (χ0n) is 27.1. The van der Waals surface area contributed by atoms with Crippen LogP contribution >= 0.6 is 0 Å². The van der Waals surface area contributed by atoms with Gasteiger partial charge in [-0.2, -0.15) is 0 Å². The third-order valence-corrected chi connectivity index (χ3v) is 9.99. The Kier molecular flexibility index (Phi) is 20.9. The lowest BCUT2D eigenvalue weighted by Gasteiger charge is -2.07. The summed E-state index contributed by atoms with van der Waals surface area (Å²) >= 11 is 0. The second-order valence-electron chi connectivity index (χ2n) is 12.1. The number of unbranched alkanes of at least 4 members (excludes halogenated alkanes) is 18. The second-order valence-corrected chi connectivity index (χ2v) is 14.2. The van der Waals surface area contributed by atoms with Gasteiger partial charge in [-0.3, -0.25) is 0 Å². The lowest BCUT2D eigenvalue weighted by molar-refractivity contribution is 0.283. The molecule has 2 aromatic carbocycles. The summed E-state index contributed by atoms with van der Waals surface area (Å²) in [5.41, 5.74) is 2.04. The second kappa shape index (κ2) is 24.2. The molecule has 0 heterocycles. The van der Waals surface area contributed by atoms with Gasteiger partial charge in [0.15, 0.2) is 9.84 Å². The largest absolute Gasteiger partial charge is 0.494 e. The summed E-state index contributed by atoms with van der Waals surface area (Å²) in [6, 6.07) is 15.2. The van der Waals surface area contributed by atoms with Crippen molar-refractivity contribution < 1.29 is 18.3 Å². The first-order chi connectivity index (χ1) is 21.0. The minimum absolute atomic E-state index is 0.154. The Morgan fingerprint density at radius 3 is 1.47 bits per heavy atom. The molecular weight excluding hydrogens is 552 g/mol. The summed E-state index contributed by atoms with van der Waals surface area (Å²) in [5, 5.41) is 8.84. The van der Waals surface area contributed by atoms with Crippen molar-refractivity contribution in [2.75, 3.05) is 19.0 Å². The molecule has 0 spiro atoms. The highest BCUT2D eigenvalue weighted by Gasteiger charge is 2.13. The molecule has 0 radical (unpaired) electrons. The van der Waals surface area contributed by atoms with E-state index in [2.05, 4.69) is 19.1 Å². The number of sulfone groups is 1. The van der Waals surface area contributed by atoms with Gasteiger partial charge < -0.3 is 9.84 Å². The maximum Gasteiger partial charge on any atom is 0.178 e. The summed E-state index contributed by atoms with van der Waals surface area (Å²) in [7, 11) is -3.26. The average Bonchev–Trinajstić information content (AvgIpc) is 3.02. The third-order valence-electron chi connectivity index (χ3n) is 8.18. The van der Waals surface area contributed by atoms with Gasteiger partial charge in [-0.25, -0.2) is 8.42 Å². The molecule has 0 atom stereocenters. The molecule has 0 aromatic heterocycles. The first-order valence-corrected chi connectivity index (χ1v) is 19.0. The number of ether oxygens (including phenoxy) is 1. The molecule has 0 amide bonds. The van der Waals surface area contributed by atoms with E-state index in [9.17, 15) is 8.42 Å². The van der Waals surface area contributed by atoms with E-state index < -0.39 is 9.84 Å². The van der Waals surface area contributed by atoms with Crippen LogP contribution in [0.25, 0.3) is 12.2 Å². The molecule has 0 saturated carbocycles. The maximum absolute atomic E-state index is 12.5. The van der Waals surface area contributed by atoms with Crippen LogP contribution in [0.5, 0.6) is 5.75 Å². The van der Waals surface area contributed by atoms with Gasteiger partial charge in [-0.1, -0.05) is 152 Å². The van der Waals surface area contributed by atoms with Crippen molar-refractivity contribution in [1.29, 1.82) is 0 Å². The van der Waals surface area contributed by atoms with Crippen LogP contribution in [0.4, 0.5) is 0 Å². The summed E-state index contributed by atoms with van der Waals surface area (Å²) < 4.78 is 31.0. The molecule has 2 rings (SSSR count). The molecule has 0 aliphatic carbocycles. The van der Waals surface area contributed by atoms with Gasteiger partial charge in [-0.05, 0) is 54.7 Å². The predicted octanol–water partition coefficient (Wildman–Crippen LogP) is 10.8. The van der Waals surface area contributed by atoms with Crippen LogP contribution in [0.2, 0.25) is 0 Å². The zero-order valence-corrected chi connectivity index (χ0v) is 27.9. The fraction of sp³-hybridized carbons (Fsp3) is 0.632. The van der Waals surface area contributed by atoms with E-state index in [4.69, 9.17) is 9.84 Å². The average molecular weight is 613 g/mol. The van der Waals surface area contributed by atoms with Crippen molar-refractivity contribution >= 4 is 22.0 Å². The molecule has 0 aliphatic heterocycles. The van der Waals surface area contributed by atoms with E-state index in [1.54, 1.807) is 12.1 Å². The van der Waals surface area contributed by atoms with Gasteiger partial charge in [-0.15, -0.1) is 0 Å². The Balaban J connectivity index is 1.51. The van der Waals surface area contributed by atoms with Crippen molar-refractivity contribution in [2.45, 2.75) is 140 Å². The molecule has 0 bridgehead atoms. The molecular formula is C38H60O4S. The summed E-state index contributed by atoms with van der Waals surface area (Å²) in [4.78, 5) is 0.373. The van der Waals surface area contributed by atoms with E-state index >= 15 is 0 Å². The van der Waals surface area contributed by atoms with E-state index in [-0.39, 0.29) is 12.4 Å². The van der Waals surface area contributed by atoms with Crippen LogP contribution in [0.15, 0.2) is 53.4 Å². The van der Waals surface area contributed by atoms with Gasteiger partial charge in [0.1, 0.15) is 5.75 Å². The molecule has 5 heteroatoms. The first-order valence-electron chi connectivity index (χ1n) is 17.4. The number of benzene rings is 2. The Hall–Kier alpha value is -2.11. The van der Waals surface area contributed by atoms with E-state index in [1.165, 1.54) is 96.3 Å². The predicted molar refractivity (Wildman–Crippen MR) is 184 cm³/mol. The van der Waals surface area contributed by atoms with Crippen LogP contribution in [0, 0.1) is 0 Å². The number of hydrogen-bond acceptors (Lipinski definition) is 4. The van der Waals surface area contributed by atoms with Gasteiger partial charge in [0, 0.05) is 6.61 Å². The Morgan fingerprint density at radius 2 is 0.977 bits per heavy atom. The van der Waals surface area contributed by atoms with Gasteiger partial charge in [0.2, 0.25) is 0 Å². The molecule has 242 valence electrons. The summed E-state index contributed by atoms with van der Waals surface area (Å²) in [6.07, 6.45) is 29.1. The van der Waals surface area contributed by atoms with E-state index in [1.807, 2.05) is 36.4 Å². The van der Waals surface area contributed by atoms with Crippen molar-refractivity contribution in [2.24, 2.45) is 0 Å². The fourth-order valence-corrected chi connectivity index (χ4v) is 6.74. The minimum Gasteiger partial charge on any atom is -0.494 e. The summed E-state index contributed by atoms with van der Waals surface area (Å²) in [5.74, 6) is 1.06. The number of aliphatic hydroxyl groups is 1. The van der Waals surface area contributed by atoms with E-state index in [0.717, 1.165) is 49.2 Å². The molecule has 1 N–H and O–H groups in total. The SMILES string of the molecule is CCCCCCCCCCCCCCCCCCOc1ccc(C=Cc2ccc(S(=O)(=O)CCCCCCO)cc2)cc1. The van der Waals surface area contributed by atoms with E-state index in [0.29, 0.717) is 11.3 Å². The Bertz CT molecular complexity index is 1060. The highest BCUT2D eigenvalue weighted by atomic mass is 32.2. The monoisotopic (exact) mass is 612 g/mol. The molecule has 0 saturated heterocycles. The van der Waals surface area contributed by atoms with Crippen molar-refractivity contribution in [3.63, 3.8) is 0 Å². The lowest BCUT2D eigenvalue weighted by Crippen LogP contribution is -2.06. The van der Waals surface area contributed by atoms with Crippen LogP contribution in [0.1, 0.15) is 146 Å². The Morgan fingerprint density at radius 1 is 0.558 bits per heavy atom. The molecule has 2 aromatic rings. The molecule has 0 aliphatic rings. The van der Waals surface area contributed by atoms with Crippen LogP contribution in [-0.4, -0.2) is 32.5 Å². The topological polar surface area (TPSA) is 63.6 Å². The molecule has 43 heavy (non-hydrogen) atoms. The standard InChI is InChI=1S/C38H60O4S/c1-2-3-4-5-6-7-8-9-10-11-12-13-14-15-17-20-33-42-37-28-24-35(25-29-37)22-23-36-26-30-38(31-27-36)43(40,41)34-21-18-16-19-32-39/h22-31,39H,2-21,32-34H2,1H3. The molecule has 0 unspecified atom stereocenters. The highest BCUT2D eigenvalue weighted by molar-refractivity contribution is 7.91. The van der Waals surface area contributed by atoms with Crippen molar-refractivity contribution in [1.82, 2.24) is 0 Å². The zero-order chi connectivity index (χ0) is 30.9. The third kappa shape index (κ3) is 18.3. The van der Waals surface area contributed by atoms with Gasteiger partial charge in [0.25, 0.3) is 0 Å². The Labute approximate surface area is 264 Å². The van der Waals surface area contributed by atoms with Gasteiger partial charge in [0.05, 0.1) is 17.3 Å². The summed E-state index contributed by atoms with van der Waals surface area (Å²) in [6.45, 7) is 3.22. The number of rotatable bonds is 27. The number of hydrogen-bond donors (Lipinski definition) is 1. The smallest absolute Gasteiger partial charge is 0.178 e. The van der Waals surface area contributed by atoms with Crippen molar-refractivity contribution in [3.8, 4) is 5.75 Å². The molecule has 4 nitrogen and oxygen atoms in total. The fourth-order valence-electron chi connectivity index (χ4n) is 5.37. The van der Waals surface area contributed by atoms with Crippen LogP contribution < -0.4 is 4.74 Å². The first kappa shape index (κ1) is 37.1. The van der Waals surface area contributed by atoms with Crippen LogP contribution in [-0.2, 0) is 9.84 Å². The van der Waals surface area contributed by atoms with Gasteiger partial charge >= 0.3 is 0 Å². The van der Waals surface area contributed by atoms with Crippen molar-refractivity contribution in [3.05, 3.63) is 59.7 Å². The maximum atomic E-state index is 12.5. The quantitative estimate of drug-likeness (QED) is 0.0805. The molecule has 0 fully saturated rings. The number of aliphatic hydroxyl groups excluding tert-OH is 1. The highest BCUT2D eigenvalue weighted by Crippen LogP contribution is 2.19.